The summed E-state index contributed by atoms with van der Waals surface area (Å²) in [7, 11) is 1.56. The summed E-state index contributed by atoms with van der Waals surface area (Å²) in [5.41, 5.74) is 0.859. The standard InChI is InChI=1S/C17H25N3O5.ClH/c1-3-19(12-17(21)22)14-6-8-18(9-7-14)11-13-10-15(20(23)24)4-5-16(13)25-2;/h4-5,10,14H,3,6-9,11-12H2,1-2H3,(H,21,22);1H. The summed E-state index contributed by atoms with van der Waals surface area (Å²) in [6.45, 7) is 5.00. The lowest BCUT2D eigenvalue weighted by atomic mass is 10.0. The smallest absolute Gasteiger partial charge is 0.317 e. The number of carbonyl (C=O) groups is 1. The Balaban J connectivity index is 0.00000338. The van der Waals surface area contributed by atoms with Crippen molar-refractivity contribution in [2.24, 2.45) is 0 Å². The molecule has 0 atom stereocenters. The normalized spacial score (nSPS) is 15.5. The number of non-ortho nitro benzene ring substituents is 1. The van der Waals surface area contributed by atoms with Crippen molar-refractivity contribution in [3.63, 3.8) is 0 Å². The van der Waals surface area contributed by atoms with Crippen molar-refractivity contribution in [2.45, 2.75) is 32.4 Å². The fraction of sp³-hybridized carbons (Fsp3) is 0.588. The van der Waals surface area contributed by atoms with E-state index in [1.165, 1.54) is 6.07 Å². The summed E-state index contributed by atoms with van der Waals surface area (Å²) in [6.07, 6.45) is 1.77. The van der Waals surface area contributed by atoms with Gasteiger partial charge in [-0.05, 0) is 38.5 Å². The SMILES string of the molecule is CCN(CC(=O)O)C1CCN(Cc2cc([N+](=O)[O-])ccc2OC)CC1.Cl. The summed E-state index contributed by atoms with van der Waals surface area (Å²) < 4.78 is 5.32. The number of carboxylic acid groups (broad SMARTS) is 1. The van der Waals surface area contributed by atoms with Gasteiger partial charge in [0.25, 0.3) is 5.69 Å². The molecular weight excluding hydrogens is 362 g/mol. The lowest BCUT2D eigenvalue weighted by Crippen LogP contribution is -2.46. The van der Waals surface area contributed by atoms with E-state index in [1.54, 1.807) is 19.2 Å². The van der Waals surface area contributed by atoms with Gasteiger partial charge in [0, 0.05) is 30.3 Å². The van der Waals surface area contributed by atoms with E-state index in [1.807, 2.05) is 11.8 Å². The first-order valence-electron chi connectivity index (χ1n) is 8.44. The molecule has 2 rings (SSSR count). The number of halogens is 1. The van der Waals surface area contributed by atoms with Crippen LogP contribution in [0.2, 0.25) is 0 Å². The summed E-state index contributed by atoms with van der Waals surface area (Å²) in [5, 5.41) is 20.0. The monoisotopic (exact) mass is 387 g/mol. The number of aliphatic carboxylic acids is 1. The highest BCUT2D eigenvalue weighted by atomic mass is 35.5. The van der Waals surface area contributed by atoms with Gasteiger partial charge in [0.1, 0.15) is 5.75 Å². The lowest BCUT2D eigenvalue weighted by Gasteiger charge is -2.37. The van der Waals surface area contributed by atoms with Gasteiger partial charge in [0.2, 0.25) is 0 Å². The second kappa shape index (κ2) is 10.3. The molecule has 1 aromatic carbocycles. The number of methoxy groups -OCH3 is 1. The zero-order valence-electron chi connectivity index (χ0n) is 15.1. The Morgan fingerprint density at radius 1 is 1.42 bits per heavy atom. The summed E-state index contributed by atoms with van der Waals surface area (Å²) >= 11 is 0. The first-order chi connectivity index (χ1) is 11.9. The Kier molecular flexibility index (Phi) is 8.77. The van der Waals surface area contributed by atoms with E-state index in [9.17, 15) is 14.9 Å². The van der Waals surface area contributed by atoms with Gasteiger partial charge in [0.15, 0.2) is 0 Å². The van der Waals surface area contributed by atoms with Crippen LogP contribution in [0.15, 0.2) is 18.2 Å². The fourth-order valence-corrected chi connectivity index (χ4v) is 3.36. The molecule has 0 unspecified atom stereocenters. The van der Waals surface area contributed by atoms with E-state index in [-0.39, 0.29) is 30.7 Å². The fourth-order valence-electron chi connectivity index (χ4n) is 3.36. The molecule has 0 amide bonds. The largest absolute Gasteiger partial charge is 0.496 e. The first kappa shape index (κ1) is 22.1. The zero-order chi connectivity index (χ0) is 18.4. The molecule has 0 bridgehead atoms. The number of nitro groups is 1. The van der Waals surface area contributed by atoms with Crippen molar-refractivity contribution in [2.75, 3.05) is 33.3 Å². The highest BCUT2D eigenvalue weighted by Gasteiger charge is 2.25. The van der Waals surface area contributed by atoms with Crippen LogP contribution in [-0.2, 0) is 11.3 Å². The molecule has 0 spiro atoms. The van der Waals surface area contributed by atoms with Gasteiger partial charge < -0.3 is 9.84 Å². The number of nitro benzene ring substituents is 1. The molecule has 0 aliphatic carbocycles. The van der Waals surface area contributed by atoms with E-state index in [4.69, 9.17) is 9.84 Å². The second-order valence-corrected chi connectivity index (χ2v) is 6.22. The third-order valence-corrected chi connectivity index (χ3v) is 4.69. The van der Waals surface area contributed by atoms with Crippen molar-refractivity contribution >= 4 is 24.1 Å². The summed E-state index contributed by atoms with van der Waals surface area (Å²) in [6, 6.07) is 4.91. The van der Waals surface area contributed by atoms with Crippen molar-refractivity contribution in [1.82, 2.24) is 9.80 Å². The number of nitrogens with zero attached hydrogens (tertiary/aromatic N) is 3. The van der Waals surface area contributed by atoms with Gasteiger partial charge in [-0.25, -0.2) is 0 Å². The number of rotatable bonds is 8. The molecule has 1 aliphatic rings. The van der Waals surface area contributed by atoms with Crippen LogP contribution in [0, 0.1) is 10.1 Å². The molecule has 26 heavy (non-hydrogen) atoms. The molecule has 1 saturated heterocycles. The Hall–Kier alpha value is -1.90. The predicted octanol–water partition coefficient (Wildman–Crippen LogP) is 2.40. The van der Waals surface area contributed by atoms with Crippen LogP contribution >= 0.6 is 12.4 Å². The van der Waals surface area contributed by atoms with Crippen molar-refractivity contribution in [3.05, 3.63) is 33.9 Å². The highest BCUT2D eigenvalue weighted by molar-refractivity contribution is 5.85. The molecule has 0 radical (unpaired) electrons. The van der Waals surface area contributed by atoms with Crippen molar-refractivity contribution in [3.8, 4) is 5.75 Å². The van der Waals surface area contributed by atoms with Crippen molar-refractivity contribution in [1.29, 1.82) is 0 Å². The Morgan fingerprint density at radius 2 is 2.08 bits per heavy atom. The number of piperidine rings is 1. The molecule has 9 heteroatoms. The second-order valence-electron chi connectivity index (χ2n) is 6.22. The van der Waals surface area contributed by atoms with Gasteiger partial charge >= 0.3 is 5.97 Å². The summed E-state index contributed by atoms with van der Waals surface area (Å²) in [5.74, 6) is -0.153. The maximum absolute atomic E-state index is 11.0. The minimum atomic E-state index is -0.800. The molecular formula is C17H26ClN3O5. The molecule has 1 aromatic rings. The average Bonchev–Trinajstić information content (AvgIpc) is 2.60. The van der Waals surface area contributed by atoms with Gasteiger partial charge in [-0.3, -0.25) is 24.7 Å². The number of benzene rings is 1. The van der Waals surface area contributed by atoms with Crippen molar-refractivity contribution < 1.29 is 19.6 Å². The van der Waals surface area contributed by atoms with Crippen LogP contribution in [0.4, 0.5) is 5.69 Å². The number of likely N-dealkylation sites (N-methyl/N-ethyl adjacent to an activating group) is 1. The van der Waals surface area contributed by atoms with Crippen LogP contribution in [0.5, 0.6) is 5.75 Å². The van der Waals surface area contributed by atoms with E-state index in [2.05, 4.69) is 4.90 Å². The molecule has 1 N–H and O–H groups in total. The summed E-state index contributed by atoms with van der Waals surface area (Å²) in [4.78, 5) is 25.8. The van der Waals surface area contributed by atoms with Gasteiger partial charge in [-0.1, -0.05) is 6.92 Å². The lowest BCUT2D eigenvalue weighted by molar-refractivity contribution is -0.385. The molecule has 146 valence electrons. The van der Waals surface area contributed by atoms with Gasteiger partial charge in [0.05, 0.1) is 18.6 Å². The van der Waals surface area contributed by atoms with Crippen LogP contribution in [0.3, 0.4) is 0 Å². The Labute approximate surface area is 159 Å². The topological polar surface area (TPSA) is 96.2 Å². The van der Waals surface area contributed by atoms with E-state index in [0.717, 1.165) is 38.0 Å². The minimum absolute atomic E-state index is 0. The first-order valence-corrected chi connectivity index (χ1v) is 8.44. The molecule has 0 saturated carbocycles. The molecule has 8 nitrogen and oxygen atoms in total. The molecule has 1 aliphatic heterocycles. The maximum Gasteiger partial charge on any atom is 0.317 e. The maximum atomic E-state index is 11.0. The van der Waals surface area contributed by atoms with E-state index >= 15 is 0 Å². The number of likely N-dealkylation sites (tertiary alicyclic amines) is 1. The third-order valence-electron chi connectivity index (χ3n) is 4.69. The molecule has 0 aromatic heterocycles. The zero-order valence-corrected chi connectivity index (χ0v) is 15.9. The van der Waals surface area contributed by atoms with Crippen LogP contribution in [-0.4, -0.2) is 65.1 Å². The van der Waals surface area contributed by atoms with Crippen LogP contribution in [0.1, 0.15) is 25.3 Å². The minimum Gasteiger partial charge on any atom is -0.496 e. The van der Waals surface area contributed by atoms with E-state index < -0.39 is 10.9 Å². The predicted molar refractivity (Wildman–Crippen MR) is 100 cm³/mol. The number of hydrogen-bond donors (Lipinski definition) is 1. The van der Waals surface area contributed by atoms with Crippen LogP contribution < -0.4 is 4.74 Å². The highest BCUT2D eigenvalue weighted by Crippen LogP contribution is 2.27. The number of carboxylic acids is 1. The van der Waals surface area contributed by atoms with Gasteiger partial charge in [-0.15, -0.1) is 12.4 Å². The molecule has 1 fully saturated rings. The quantitative estimate of drug-likeness (QED) is 0.540. The van der Waals surface area contributed by atoms with Gasteiger partial charge in [-0.2, -0.15) is 0 Å². The Bertz CT molecular complexity index is 620. The number of ether oxygens (including phenoxy) is 1. The molecule has 1 heterocycles. The third kappa shape index (κ3) is 5.82. The average molecular weight is 388 g/mol. The van der Waals surface area contributed by atoms with Crippen LogP contribution in [0.25, 0.3) is 0 Å². The number of hydrogen-bond acceptors (Lipinski definition) is 6. The van der Waals surface area contributed by atoms with E-state index in [0.29, 0.717) is 12.3 Å². The Morgan fingerprint density at radius 3 is 2.58 bits per heavy atom.